The van der Waals surface area contributed by atoms with Crippen molar-refractivity contribution >= 4 is 5.91 Å². The zero-order valence-electron chi connectivity index (χ0n) is 11.5. The standard InChI is InChI=1S/C14H26N2O/c1-11-5-8-15-12(11)13(17)16-9-4-6-14(2,3)7-10-16/h11-12,15H,4-10H2,1-3H3. The van der Waals surface area contributed by atoms with Gasteiger partial charge in [0.15, 0.2) is 0 Å². The lowest BCUT2D eigenvalue weighted by molar-refractivity contribution is -0.133. The normalized spacial score (nSPS) is 33.5. The van der Waals surface area contributed by atoms with E-state index in [0.717, 1.165) is 38.9 Å². The Kier molecular flexibility index (Phi) is 3.76. The van der Waals surface area contributed by atoms with Crippen LogP contribution in [0.4, 0.5) is 0 Å². The lowest BCUT2D eigenvalue weighted by Gasteiger charge is -2.27. The van der Waals surface area contributed by atoms with E-state index >= 15 is 0 Å². The fraction of sp³-hybridized carbons (Fsp3) is 0.929. The van der Waals surface area contributed by atoms with Crippen molar-refractivity contribution in [2.75, 3.05) is 19.6 Å². The SMILES string of the molecule is CC1CCNC1C(=O)N1CCCC(C)(C)CC1. The molecular formula is C14H26N2O. The van der Waals surface area contributed by atoms with Crippen molar-refractivity contribution in [3.05, 3.63) is 0 Å². The minimum Gasteiger partial charge on any atom is -0.341 e. The van der Waals surface area contributed by atoms with Crippen LogP contribution in [-0.4, -0.2) is 36.5 Å². The van der Waals surface area contributed by atoms with Crippen molar-refractivity contribution in [2.24, 2.45) is 11.3 Å². The molecule has 2 aliphatic heterocycles. The maximum absolute atomic E-state index is 12.4. The van der Waals surface area contributed by atoms with Crippen molar-refractivity contribution in [1.29, 1.82) is 0 Å². The fourth-order valence-corrected chi connectivity index (χ4v) is 3.01. The minimum absolute atomic E-state index is 0.0798. The molecule has 0 aromatic carbocycles. The third kappa shape index (κ3) is 3.01. The Labute approximate surface area is 105 Å². The van der Waals surface area contributed by atoms with Crippen molar-refractivity contribution in [1.82, 2.24) is 10.2 Å². The molecule has 0 saturated carbocycles. The minimum atomic E-state index is 0.0798. The number of hydrogen-bond acceptors (Lipinski definition) is 2. The highest BCUT2D eigenvalue weighted by molar-refractivity contribution is 5.82. The molecule has 1 N–H and O–H groups in total. The quantitative estimate of drug-likeness (QED) is 0.758. The third-order valence-electron chi connectivity index (χ3n) is 4.45. The Morgan fingerprint density at radius 2 is 2.06 bits per heavy atom. The van der Waals surface area contributed by atoms with Crippen LogP contribution < -0.4 is 5.32 Å². The molecule has 3 heteroatoms. The molecule has 2 rings (SSSR count). The molecule has 17 heavy (non-hydrogen) atoms. The zero-order valence-corrected chi connectivity index (χ0v) is 11.5. The highest BCUT2D eigenvalue weighted by atomic mass is 16.2. The lowest BCUT2D eigenvalue weighted by atomic mass is 9.85. The molecule has 2 saturated heterocycles. The second kappa shape index (κ2) is 4.97. The molecule has 2 fully saturated rings. The third-order valence-corrected chi connectivity index (χ3v) is 4.45. The van der Waals surface area contributed by atoms with Gasteiger partial charge in [0, 0.05) is 13.1 Å². The number of nitrogens with one attached hydrogen (secondary N) is 1. The van der Waals surface area contributed by atoms with Crippen molar-refractivity contribution < 1.29 is 4.79 Å². The fourth-order valence-electron chi connectivity index (χ4n) is 3.01. The van der Waals surface area contributed by atoms with Crippen molar-refractivity contribution in [3.63, 3.8) is 0 Å². The molecule has 2 heterocycles. The molecule has 2 unspecified atom stereocenters. The van der Waals surface area contributed by atoms with Gasteiger partial charge < -0.3 is 10.2 Å². The summed E-state index contributed by atoms with van der Waals surface area (Å²) >= 11 is 0. The highest BCUT2D eigenvalue weighted by Crippen LogP contribution is 2.30. The van der Waals surface area contributed by atoms with E-state index in [4.69, 9.17) is 0 Å². The Balaban J connectivity index is 1.95. The summed E-state index contributed by atoms with van der Waals surface area (Å²) in [5.74, 6) is 0.839. The van der Waals surface area contributed by atoms with Crippen LogP contribution >= 0.6 is 0 Å². The average Bonchev–Trinajstić information content (AvgIpc) is 2.59. The molecule has 98 valence electrons. The molecule has 1 amide bonds. The van der Waals surface area contributed by atoms with Crippen LogP contribution in [0.15, 0.2) is 0 Å². The first-order valence-electron chi connectivity index (χ1n) is 7.02. The zero-order chi connectivity index (χ0) is 12.5. The first-order valence-corrected chi connectivity index (χ1v) is 7.02. The van der Waals surface area contributed by atoms with E-state index in [1.54, 1.807) is 0 Å². The largest absolute Gasteiger partial charge is 0.341 e. The summed E-state index contributed by atoms with van der Waals surface area (Å²) in [6.07, 6.45) is 4.67. The van der Waals surface area contributed by atoms with E-state index in [9.17, 15) is 4.79 Å². The van der Waals surface area contributed by atoms with Crippen LogP contribution in [0.2, 0.25) is 0 Å². The van der Waals surface area contributed by atoms with Crippen LogP contribution in [-0.2, 0) is 4.79 Å². The summed E-state index contributed by atoms with van der Waals surface area (Å²) in [6, 6.07) is 0.0798. The van der Waals surface area contributed by atoms with Gasteiger partial charge in [-0.1, -0.05) is 20.8 Å². The van der Waals surface area contributed by atoms with Gasteiger partial charge in [0.1, 0.15) is 0 Å². The van der Waals surface area contributed by atoms with E-state index in [2.05, 4.69) is 31.0 Å². The topological polar surface area (TPSA) is 32.3 Å². The first kappa shape index (κ1) is 12.9. The van der Waals surface area contributed by atoms with Crippen molar-refractivity contribution in [2.45, 2.75) is 52.5 Å². The number of carbonyl (C=O) groups is 1. The van der Waals surface area contributed by atoms with E-state index < -0.39 is 0 Å². The molecule has 0 aliphatic carbocycles. The van der Waals surface area contributed by atoms with E-state index in [0.29, 0.717) is 17.2 Å². The number of likely N-dealkylation sites (tertiary alicyclic amines) is 1. The van der Waals surface area contributed by atoms with Gasteiger partial charge in [-0.2, -0.15) is 0 Å². The molecule has 0 bridgehead atoms. The van der Waals surface area contributed by atoms with E-state index in [1.807, 2.05) is 0 Å². The van der Waals surface area contributed by atoms with Crippen LogP contribution in [0.3, 0.4) is 0 Å². The molecule has 0 aromatic heterocycles. The predicted molar refractivity (Wildman–Crippen MR) is 69.8 cm³/mol. The first-order chi connectivity index (χ1) is 7.99. The van der Waals surface area contributed by atoms with Gasteiger partial charge in [-0.15, -0.1) is 0 Å². The Morgan fingerprint density at radius 3 is 2.71 bits per heavy atom. The van der Waals surface area contributed by atoms with Gasteiger partial charge in [-0.3, -0.25) is 4.79 Å². The van der Waals surface area contributed by atoms with Gasteiger partial charge >= 0.3 is 0 Å². The number of rotatable bonds is 1. The van der Waals surface area contributed by atoms with E-state index in [-0.39, 0.29) is 6.04 Å². The molecule has 3 nitrogen and oxygen atoms in total. The number of amides is 1. The average molecular weight is 238 g/mol. The number of hydrogen-bond donors (Lipinski definition) is 1. The summed E-state index contributed by atoms with van der Waals surface area (Å²) in [5.41, 5.74) is 0.406. The number of nitrogens with zero attached hydrogens (tertiary/aromatic N) is 1. The van der Waals surface area contributed by atoms with Crippen LogP contribution in [0.25, 0.3) is 0 Å². The maximum Gasteiger partial charge on any atom is 0.239 e. The second-order valence-electron chi connectivity index (χ2n) is 6.54. The van der Waals surface area contributed by atoms with Gasteiger partial charge in [0.2, 0.25) is 5.91 Å². The summed E-state index contributed by atoms with van der Waals surface area (Å²) in [7, 11) is 0. The van der Waals surface area contributed by atoms with Crippen molar-refractivity contribution in [3.8, 4) is 0 Å². The molecule has 0 aromatic rings. The monoisotopic (exact) mass is 238 g/mol. The van der Waals surface area contributed by atoms with Gasteiger partial charge in [-0.25, -0.2) is 0 Å². The molecular weight excluding hydrogens is 212 g/mol. The summed E-state index contributed by atoms with van der Waals surface area (Å²) in [5, 5.41) is 3.35. The molecule has 0 spiro atoms. The Morgan fingerprint density at radius 1 is 1.29 bits per heavy atom. The summed E-state index contributed by atoms with van der Waals surface area (Å²) in [6.45, 7) is 9.71. The predicted octanol–water partition coefficient (Wildman–Crippen LogP) is 2.02. The lowest BCUT2D eigenvalue weighted by Crippen LogP contribution is -2.46. The van der Waals surface area contributed by atoms with E-state index in [1.165, 1.54) is 6.42 Å². The van der Waals surface area contributed by atoms with Gasteiger partial charge in [0.05, 0.1) is 6.04 Å². The van der Waals surface area contributed by atoms with Gasteiger partial charge in [-0.05, 0) is 43.6 Å². The summed E-state index contributed by atoms with van der Waals surface area (Å²) < 4.78 is 0. The smallest absolute Gasteiger partial charge is 0.239 e. The molecule has 2 atom stereocenters. The second-order valence-corrected chi connectivity index (χ2v) is 6.54. The van der Waals surface area contributed by atoms with Crippen LogP contribution in [0.5, 0.6) is 0 Å². The highest BCUT2D eigenvalue weighted by Gasteiger charge is 2.34. The Bertz CT molecular complexity index is 288. The number of carbonyl (C=O) groups excluding carboxylic acids is 1. The van der Waals surface area contributed by atoms with Crippen LogP contribution in [0.1, 0.15) is 46.5 Å². The maximum atomic E-state index is 12.4. The van der Waals surface area contributed by atoms with Gasteiger partial charge in [0.25, 0.3) is 0 Å². The van der Waals surface area contributed by atoms with Crippen LogP contribution in [0, 0.1) is 11.3 Å². The Hall–Kier alpha value is -0.570. The molecule has 0 radical (unpaired) electrons. The summed E-state index contributed by atoms with van der Waals surface area (Å²) in [4.78, 5) is 14.5. The molecule has 2 aliphatic rings.